The van der Waals surface area contributed by atoms with Gasteiger partial charge >= 0.3 is 12.2 Å². The van der Waals surface area contributed by atoms with Crippen molar-refractivity contribution in [2.45, 2.75) is 58.2 Å². The molecule has 2 amide bonds. The van der Waals surface area contributed by atoms with E-state index in [1.165, 1.54) is 5.56 Å². The molecular formula is C22H28F3N5O. The molecule has 1 fully saturated rings. The molecule has 31 heavy (non-hydrogen) atoms. The molecule has 0 spiro atoms. The molecule has 0 radical (unpaired) electrons. The third-order valence-electron chi connectivity index (χ3n) is 5.40. The van der Waals surface area contributed by atoms with E-state index >= 15 is 0 Å². The molecule has 1 aromatic heterocycles. The Labute approximate surface area is 180 Å². The van der Waals surface area contributed by atoms with Crippen molar-refractivity contribution < 1.29 is 18.0 Å². The Balaban J connectivity index is 1.50. The molecule has 0 atom stereocenters. The number of amides is 2. The number of aryl methyl sites for hydroxylation is 2. The quantitative estimate of drug-likeness (QED) is 0.675. The van der Waals surface area contributed by atoms with Crippen LogP contribution in [0.2, 0.25) is 0 Å². The number of piperidine rings is 1. The Hall–Kier alpha value is -2.84. The summed E-state index contributed by atoms with van der Waals surface area (Å²) >= 11 is 0. The minimum absolute atomic E-state index is 0.0637. The third kappa shape index (κ3) is 6.32. The molecule has 0 saturated carbocycles. The minimum Gasteiger partial charge on any atom is -0.341 e. The first-order chi connectivity index (χ1) is 14.8. The number of unbranched alkanes of at least 4 members (excludes halogenated alkanes) is 1. The molecule has 3 rings (SSSR count). The van der Waals surface area contributed by atoms with E-state index in [1.807, 2.05) is 19.1 Å². The van der Waals surface area contributed by atoms with Gasteiger partial charge in [0.15, 0.2) is 0 Å². The van der Waals surface area contributed by atoms with Crippen LogP contribution in [0.4, 0.5) is 29.6 Å². The highest BCUT2D eigenvalue weighted by atomic mass is 19.4. The Kier molecular flexibility index (Phi) is 7.35. The van der Waals surface area contributed by atoms with Crippen LogP contribution in [0.1, 0.15) is 49.4 Å². The summed E-state index contributed by atoms with van der Waals surface area (Å²) in [6.45, 7) is 5.07. The predicted octanol–water partition coefficient (Wildman–Crippen LogP) is 4.94. The molecular weight excluding hydrogens is 407 g/mol. The van der Waals surface area contributed by atoms with Gasteiger partial charge in [0.1, 0.15) is 5.69 Å². The fourth-order valence-corrected chi connectivity index (χ4v) is 3.63. The molecule has 1 saturated heterocycles. The van der Waals surface area contributed by atoms with Gasteiger partial charge in [0.2, 0.25) is 5.95 Å². The van der Waals surface area contributed by atoms with Gasteiger partial charge in [0.05, 0.1) is 0 Å². The number of alkyl halides is 3. The summed E-state index contributed by atoms with van der Waals surface area (Å²) in [5.74, 6) is 0.0662. The molecule has 1 aliphatic rings. The van der Waals surface area contributed by atoms with Gasteiger partial charge in [-0.2, -0.15) is 13.2 Å². The highest BCUT2D eigenvalue weighted by molar-refractivity contribution is 5.90. The second-order valence-corrected chi connectivity index (χ2v) is 7.85. The predicted molar refractivity (Wildman–Crippen MR) is 114 cm³/mol. The van der Waals surface area contributed by atoms with E-state index < -0.39 is 11.9 Å². The smallest absolute Gasteiger partial charge is 0.341 e. The van der Waals surface area contributed by atoms with E-state index in [2.05, 4.69) is 33.6 Å². The molecule has 2 N–H and O–H groups in total. The average Bonchev–Trinajstić information content (AvgIpc) is 2.74. The zero-order chi connectivity index (χ0) is 22.4. The number of carbonyl (C=O) groups excluding carboxylic acids is 1. The second kappa shape index (κ2) is 9.98. The first-order valence-electron chi connectivity index (χ1n) is 10.6. The van der Waals surface area contributed by atoms with Crippen molar-refractivity contribution in [3.8, 4) is 0 Å². The first-order valence-corrected chi connectivity index (χ1v) is 10.6. The Morgan fingerprint density at radius 3 is 2.61 bits per heavy atom. The minimum atomic E-state index is -4.50. The van der Waals surface area contributed by atoms with Crippen LogP contribution < -0.4 is 15.5 Å². The zero-order valence-electron chi connectivity index (χ0n) is 17.8. The number of benzene rings is 1. The summed E-state index contributed by atoms with van der Waals surface area (Å²) in [5, 5.41) is 5.85. The number of hydrogen-bond donors (Lipinski definition) is 2. The summed E-state index contributed by atoms with van der Waals surface area (Å²) in [4.78, 5) is 21.7. The highest BCUT2D eigenvalue weighted by Gasteiger charge is 2.33. The number of carbonyl (C=O) groups is 1. The molecule has 1 aromatic carbocycles. The summed E-state index contributed by atoms with van der Waals surface area (Å²) in [6, 6.07) is 6.57. The maximum absolute atomic E-state index is 12.9. The van der Waals surface area contributed by atoms with E-state index in [9.17, 15) is 18.0 Å². The summed E-state index contributed by atoms with van der Waals surface area (Å²) in [5.41, 5.74) is 2.09. The fourth-order valence-electron chi connectivity index (χ4n) is 3.63. The highest BCUT2D eigenvalue weighted by Crippen LogP contribution is 2.28. The SMILES string of the molecule is CCCCc1ccc(NC(=O)NC2CCN(c3nccc(C(F)(F)F)n3)CC2)c(C)c1. The van der Waals surface area contributed by atoms with Gasteiger partial charge in [-0.3, -0.25) is 0 Å². The van der Waals surface area contributed by atoms with Crippen molar-refractivity contribution >= 4 is 17.7 Å². The third-order valence-corrected chi connectivity index (χ3v) is 5.40. The van der Waals surface area contributed by atoms with Crippen LogP contribution in [0.15, 0.2) is 30.5 Å². The molecule has 9 heteroatoms. The van der Waals surface area contributed by atoms with Crippen LogP contribution >= 0.6 is 0 Å². The van der Waals surface area contributed by atoms with Crippen molar-refractivity contribution in [1.82, 2.24) is 15.3 Å². The number of aromatic nitrogens is 2. The molecule has 2 aromatic rings. The van der Waals surface area contributed by atoms with Crippen LogP contribution in [0.5, 0.6) is 0 Å². The van der Waals surface area contributed by atoms with Crippen LogP contribution in [-0.2, 0) is 12.6 Å². The lowest BCUT2D eigenvalue weighted by atomic mass is 10.0. The summed E-state index contributed by atoms with van der Waals surface area (Å²) in [7, 11) is 0. The lowest BCUT2D eigenvalue weighted by Gasteiger charge is -2.32. The van der Waals surface area contributed by atoms with Gasteiger partial charge in [-0.15, -0.1) is 0 Å². The van der Waals surface area contributed by atoms with E-state index in [1.54, 1.807) is 4.90 Å². The maximum atomic E-state index is 12.9. The van der Waals surface area contributed by atoms with Gasteiger partial charge < -0.3 is 15.5 Å². The molecule has 0 bridgehead atoms. The molecule has 2 heterocycles. The van der Waals surface area contributed by atoms with Crippen molar-refractivity contribution in [3.05, 3.63) is 47.3 Å². The number of halogens is 3. The monoisotopic (exact) mass is 435 g/mol. The largest absolute Gasteiger partial charge is 0.433 e. The van der Waals surface area contributed by atoms with Crippen LogP contribution in [-0.4, -0.2) is 35.1 Å². The van der Waals surface area contributed by atoms with Gasteiger partial charge in [0.25, 0.3) is 0 Å². The standard InChI is InChI=1S/C22H28F3N5O/c1-3-4-5-16-6-7-18(15(2)14-16)28-21(31)27-17-9-12-30(13-10-17)20-26-11-8-19(29-20)22(23,24)25/h6-8,11,14,17H,3-5,9-10,12-13H2,1-2H3,(H2,27,28,31). The van der Waals surface area contributed by atoms with E-state index in [0.29, 0.717) is 25.9 Å². The van der Waals surface area contributed by atoms with Crippen LogP contribution in [0.25, 0.3) is 0 Å². The maximum Gasteiger partial charge on any atom is 0.433 e. The Bertz CT molecular complexity index is 895. The summed E-state index contributed by atoms with van der Waals surface area (Å²) in [6.07, 6.45) is 1.12. The van der Waals surface area contributed by atoms with Gasteiger partial charge in [-0.05, 0) is 55.9 Å². The number of rotatable bonds is 6. The van der Waals surface area contributed by atoms with Crippen LogP contribution in [0.3, 0.4) is 0 Å². The second-order valence-electron chi connectivity index (χ2n) is 7.85. The van der Waals surface area contributed by atoms with Crippen molar-refractivity contribution in [3.63, 3.8) is 0 Å². The number of urea groups is 1. The number of nitrogens with one attached hydrogen (secondary N) is 2. The van der Waals surface area contributed by atoms with Gasteiger partial charge in [-0.25, -0.2) is 14.8 Å². The number of anilines is 2. The zero-order valence-corrected chi connectivity index (χ0v) is 17.8. The lowest BCUT2D eigenvalue weighted by Crippen LogP contribution is -2.46. The van der Waals surface area contributed by atoms with Crippen molar-refractivity contribution in [2.24, 2.45) is 0 Å². The average molecular weight is 435 g/mol. The normalized spacial score (nSPS) is 15.1. The van der Waals surface area contributed by atoms with E-state index in [4.69, 9.17) is 0 Å². The Morgan fingerprint density at radius 2 is 1.97 bits per heavy atom. The topological polar surface area (TPSA) is 70.2 Å². The molecule has 0 unspecified atom stereocenters. The van der Waals surface area contributed by atoms with Crippen LogP contribution in [0, 0.1) is 6.92 Å². The molecule has 6 nitrogen and oxygen atoms in total. The van der Waals surface area contributed by atoms with Gasteiger partial charge in [0, 0.05) is 31.0 Å². The van der Waals surface area contributed by atoms with Crippen molar-refractivity contribution in [1.29, 1.82) is 0 Å². The van der Waals surface area contributed by atoms with Gasteiger partial charge in [-0.1, -0.05) is 25.5 Å². The summed E-state index contributed by atoms with van der Waals surface area (Å²) < 4.78 is 38.6. The van der Waals surface area contributed by atoms with Crippen molar-refractivity contribution in [2.75, 3.05) is 23.3 Å². The van der Waals surface area contributed by atoms with E-state index in [-0.39, 0.29) is 18.0 Å². The lowest BCUT2D eigenvalue weighted by molar-refractivity contribution is -0.141. The first kappa shape index (κ1) is 22.8. The molecule has 0 aliphatic carbocycles. The molecule has 168 valence electrons. The Morgan fingerprint density at radius 1 is 1.23 bits per heavy atom. The molecule has 1 aliphatic heterocycles. The fraction of sp³-hybridized carbons (Fsp3) is 0.500. The number of hydrogen-bond acceptors (Lipinski definition) is 4. The van der Waals surface area contributed by atoms with E-state index in [0.717, 1.165) is 42.8 Å². The number of nitrogens with zero attached hydrogens (tertiary/aromatic N) is 3.